The molecule has 6 nitrogen and oxygen atoms in total. The molecule has 0 heterocycles. The lowest BCUT2D eigenvalue weighted by atomic mass is 9.66. The number of rotatable bonds is 6. The lowest BCUT2D eigenvalue weighted by Crippen LogP contribution is -2.41. The minimum absolute atomic E-state index is 0.00130. The maximum Gasteiger partial charge on any atom is 0.170 e. The van der Waals surface area contributed by atoms with Crippen LogP contribution in [0, 0.1) is 40.4 Å². The lowest BCUT2D eigenvalue weighted by Gasteiger charge is -2.40. The Labute approximate surface area is 202 Å². The van der Waals surface area contributed by atoms with Crippen LogP contribution in [0.2, 0.25) is 0 Å². The molecule has 6 heteroatoms. The molecule has 0 saturated heterocycles. The Morgan fingerprint density at radius 1 is 0.971 bits per heavy atom. The molecule has 0 bridgehead atoms. The molecule has 3 fully saturated rings. The maximum absolute atomic E-state index is 12.9. The molecule has 3 aliphatic rings. The maximum atomic E-state index is 12.9. The van der Waals surface area contributed by atoms with E-state index >= 15 is 0 Å². The van der Waals surface area contributed by atoms with Crippen LogP contribution < -0.4 is 0 Å². The van der Waals surface area contributed by atoms with E-state index in [0.717, 1.165) is 25.7 Å². The van der Waals surface area contributed by atoms with Crippen LogP contribution in [0.5, 0.6) is 17.2 Å². The molecule has 0 aliphatic heterocycles. The number of ketones is 1. The Hall–Kier alpha value is -2.08. The Balaban J connectivity index is 1.80. The zero-order chi connectivity index (χ0) is 25.4. The highest BCUT2D eigenvalue weighted by Crippen LogP contribution is 2.74. The van der Waals surface area contributed by atoms with Gasteiger partial charge >= 0.3 is 0 Å². The van der Waals surface area contributed by atoms with Crippen LogP contribution in [-0.4, -0.2) is 38.1 Å². The van der Waals surface area contributed by atoms with Crippen LogP contribution in [0.3, 0.4) is 0 Å². The van der Waals surface area contributed by atoms with Gasteiger partial charge < -0.3 is 20.4 Å². The van der Waals surface area contributed by atoms with Gasteiger partial charge in [0.05, 0.1) is 11.2 Å². The summed E-state index contributed by atoms with van der Waals surface area (Å²) < 4.78 is 0. The Bertz CT molecular complexity index is 1020. The zero-order valence-electron chi connectivity index (χ0n) is 21.3. The van der Waals surface area contributed by atoms with Crippen molar-refractivity contribution in [3.63, 3.8) is 0 Å². The summed E-state index contributed by atoms with van der Waals surface area (Å²) in [4.78, 5) is 24.7. The largest absolute Gasteiger partial charge is 0.507 e. The summed E-state index contributed by atoms with van der Waals surface area (Å²) in [6, 6.07) is 0. The van der Waals surface area contributed by atoms with Crippen LogP contribution in [-0.2, 0) is 6.42 Å². The van der Waals surface area contributed by atoms with Gasteiger partial charge in [-0.1, -0.05) is 34.6 Å². The van der Waals surface area contributed by atoms with Gasteiger partial charge in [0, 0.05) is 12.0 Å². The Kier molecular flexibility index (Phi) is 5.87. The molecule has 34 heavy (non-hydrogen) atoms. The summed E-state index contributed by atoms with van der Waals surface area (Å²) in [6.07, 6.45) is 4.14. The lowest BCUT2D eigenvalue weighted by molar-refractivity contribution is -0.0397. The van der Waals surface area contributed by atoms with Gasteiger partial charge in [-0.05, 0) is 79.4 Å². The first kappa shape index (κ1) is 25.0. The Morgan fingerprint density at radius 2 is 1.59 bits per heavy atom. The Morgan fingerprint density at radius 3 is 2.18 bits per heavy atom. The number of carbonyl (C=O) groups is 2. The number of fused-ring (bicyclic) bond motifs is 3. The third-order valence-electron chi connectivity index (χ3n) is 9.68. The van der Waals surface area contributed by atoms with Crippen molar-refractivity contribution < 1.29 is 30.0 Å². The smallest absolute Gasteiger partial charge is 0.170 e. The van der Waals surface area contributed by atoms with Crippen molar-refractivity contribution in [1.82, 2.24) is 0 Å². The number of aldehydes is 1. The van der Waals surface area contributed by atoms with Crippen molar-refractivity contribution >= 4 is 12.1 Å². The molecule has 6 atom stereocenters. The number of benzene rings is 1. The van der Waals surface area contributed by atoms with Crippen LogP contribution in [0.1, 0.15) is 99.9 Å². The molecule has 0 aromatic heterocycles. The topological polar surface area (TPSA) is 115 Å². The van der Waals surface area contributed by atoms with Crippen molar-refractivity contribution in [3.05, 3.63) is 16.7 Å². The number of aliphatic hydroxyl groups is 1. The molecular weight excluding hydrogens is 432 g/mol. The first-order valence-electron chi connectivity index (χ1n) is 12.7. The van der Waals surface area contributed by atoms with Crippen molar-refractivity contribution in [2.24, 2.45) is 40.4 Å². The molecule has 0 unspecified atom stereocenters. The summed E-state index contributed by atoms with van der Waals surface area (Å²) in [5, 5.41) is 44.0. The van der Waals surface area contributed by atoms with E-state index in [1.54, 1.807) is 0 Å². The number of carbonyl (C=O) groups excluding carboxylic acids is 2. The van der Waals surface area contributed by atoms with Crippen molar-refractivity contribution in [2.75, 3.05) is 0 Å². The molecule has 3 aliphatic carbocycles. The molecular formula is C28H40O6. The average molecular weight is 473 g/mol. The minimum atomic E-state index is -0.767. The van der Waals surface area contributed by atoms with Crippen LogP contribution in [0.25, 0.3) is 0 Å². The summed E-state index contributed by atoms with van der Waals surface area (Å²) in [5.41, 5.74) is -1.42. The second-order valence-electron chi connectivity index (χ2n) is 12.8. The van der Waals surface area contributed by atoms with Gasteiger partial charge in [-0.2, -0.15) is 0 Å². The van der Waals surface area contributed by atoms with Gasteiger partial charge in [0.2, 0.25) is 0 Å². The summed E-state index contributed by atoms with van der Waals surface area (Å²) in [6.45, 7) is 12.4. The van der Waals surface area contributed by atoms with Gasteiger partial charge in [-0.25, -0.2) is 0 Å². The fraction of sp³-hybridized carbons (Fsp3) is 0.714. The molecule has 188 valence electrons. The number of phenols is 3. The number of phenolic OH excluding ortho intramolecular Hbond substituents is 3. The molecule has 1 aromatic carbocycles. The standard InChI is InChI=1S/C28H40O6/c1-14(2)11-19(30)20-24(32)15(23(31)16(13-29)25(20)33)12-27(5)9-7-18-22(27)21-17(26(21,3)4)8-10-28(18,6)34/h13-14,17-18,21-22,31-34H,7-12H2,1-6H3/t17-,18-,21-,22-,27-,28-/m1/s1. The van der Waals surface area contributed by atoms with Crippen molar-refractivity contribution in [1.29, 1.82) is 0 Å². The van der Waals surface area contributed by atoms with Gasteiger partial charge in [0.25, 0.3) is 0 Å². The summed E-state index contributed by atoms with van der Waals surface area (Å²) >= 11 is 0. The van der Waals surface area contributed by atoms with Gasteiger partial charge in [-0.3, -0.25) is 9.59 Å². The number of Topliss-reactive ketones (excluding diaryl/α,β-unsaturated/α-hetero) is 1. The van der Waals surface area contributed by atoms with Crippen molar-refractivity contribution in [3.8, 4) is 17.2 Å². The van der Waals surface area contributed by atoms with E-state index in [2.05, 4.69) is 20.8 Å². The molecule has 3 saturated carbocycles. The highest BCUT2D eigenvalue weighted by molar-refractivity contribution is 6.05. The van der Waals surface area contributed by atoms with E-state index in [1.807, 2.05) is 20.8 Å². The molecule has 4 N–H and O–H groups in total. The second kappa shape index (κ2) is 7.97. The third-order valence-corrected chi connectivity index (χ3v) is 9.68. The van der Waals surface area contributed by atoms with E-state index in [1.165, 1.54) is 0 Å². The molecule has 0 radical (unpaired) electrons. The average Bonchev–Trinajstić information content (AvgIpc) is 3.12. The minimum Gasteiger partial charge on any atom is -0.507 e. The predicted octanol–water partition coefficient (Wildman–Crippen LogP) is 5.24. The third kappa shape index (κ3) is 3.64. The first-order valence-corrected chi connectivity index (χ1v) is 12.7. The highest BCUT2D eigenvalue weighted by atomic mass is 16.3. The van der Waals surface area contributed by atoms with Gasteiger partial charge in [0.1, 0.15) is 22.8 Å². The second-order valence-corrected chi connectivity index (χ2v) is 12.8. The van der Waals surface area contributed by atoms with Crippen LogP contribution in [0.15, 0.2) is 0 Å². The van der Waals surface area contributed by atoms with E-state index in [9.17, 15) is 30.0 Å². The van der Waals surface area contributed by atoms with E-state index in [-0.39, 0.29) is 58.1 Å². The predicted molar refractivity (Wildman–Crippen MR) is 129 cm³/mol. The van der Waals surface area contributed by atoms with E-state index < -0.39 is 28.6 Å². The number of aromatic hydroxyl groups is 3. The SMILES string of the molecule is CC(C)CC(=O)c1c(O)c(C=O)c(O)c(C[C@@]2(C)CC[C@@H]3[C@@H]2[C@H]2[C@@H](CC[C@@]3(C)O)C2(C)C)c1O. The molecule has 0 spiro atoms. The fourth-order valence-corrected chi connectivity index (χ4v) is 7.79. The molecule has 1 aromatic rings. The quantitative estimate of drug-likeness (QED) is 0.333. The summed E-state index contributed by atoms with van der Waals surface area (Å²) in [5.74, 6) is -0.728. The fourth-order valence-electron chi connectivity index (χ4n) is 7.79. The zero-order valence-corrected chi connectivity index (χ0v) is 21.3. The van der Waals surface area contributed by atoms with Crippen molar-refractivity contribution in [2.45, 2.75) is 85.7 Å². The van der Waals surface area contributed by atoms with Gasteiger partial charge in [-0.15, -0.1) is 0 Å². The van der Waals surface area contributed by atoms with Crippen LogP contribution >= 0.6 is 0 Å². The molecule has 4 rings (SSSR count). The number of hydrogen-bond acceptors (Lipinski definition) is 6. The normalized spacial score (nSPS) is 36.0. The van der Waals surface area contributed by atoms with Crippen LogP contribution in [0.4, 0.5) is 0 Å². The van der Waals surface area contributed by atoms with E-state index in [4.69, 9.17) is 0 Å². The van der Waals surface area contributed by atoms with Gasteiger partial charge in [0.15, 0.2) is 12.1 Å². The number of hydrogen-bond donors (Lipinski definition) is 4. The van der Waals surface area contributed by atoms with E-state index in [0.29, 0.717) is 18.1 Å². The summed E-state index contributed by atoms with van der Waals surface area (Å²) in [7, 11) is 0. The first-order chi connectivity index (χ1) is 15.7. The molecule has 0 amide bonds. The highest BCUT2D eigenvalue weighted by Gasteiger charge is 2.69. The monoisotopic (exact) mass is 472 g/mol.